The molecule has 0 radical (unpaired) electrons. The van der Waals surface area contributed by atoms with Crippen LogP contribution in [-0.2, 0) is 0 Å². The maximum Gasteiger partial charge on any atom is 0.00924 e. The van der Waals surface area contributed by atoms with Gasteiger partial charge in [0.2, 0.25) is 0 Å². The first-order valence-corrected chi connectivity index (χ1v) is 7.33. The number of nitrogens with zero attached hydrogens (tertiary/aromatic N) is 1. The summed E-state index contributed by atoms with van der Waals surface area (Å²) in [6.07, 6.45) is 10.0. The largest absolute Gasteiger partial charge is 0.303 e. The summed E-state index contributed by atoms with van der Waals surface area (Å²) in [6, 6.07) is 0.884. The Balaban J connectivity index is 2.18. The molecule has 0 aromatic rings. The third-order valence-corrected chi connectivity index (χ3v) is 4.17. The fourth-order valence-electron chi connectivity index (χ4n) is 2.98. The van der Waals surface area contributed by atoms with Crippen molar-refractivity contribution in [3.05, 3.63) is 0 Å². The molecule has 0 aliphatic heterocycles. The molecule has 1 rings (SSSR count). The molecule has 1 aliphatic carbocycles. The summed E-state index contributed by atoms with van der Waals surface area (Å²) in [6.45, 7) is 8.26. The van der Waals surface area contributed by atoms with Crippen molar-refractivity contribution in [1.29, 1.82) is 0 Å². The first-order valence-electron chi connectivity index (χ1n) is 7.33. The van der Waals surface area contributed by atoms with Gasteiger partial charge in [0.25, 0.3) is 0 Å². The molecule has 0 aromatic heterocycles. The molecule has 0 N–H and O–H groups in total. The van der Waals surface area contributed by atoms with Crippen molar-refractivity contribution in [3.8, 4) is 0 Å². The topological polar surface area (TPSA) is 3.24 Å². The Morgan fingerprint density at radius 1 is 1.12 bits per heavy atom. The molecule has 0 amide bonds. The quantitative estimate of drug-likeness (QED) is 0.650. The van der Waals surface area contributed by atoms with Crippen molar-refractivity contribution >= 4 is 0 Å². The lowest BCUT2D eigenvalue weighted by Crippen LogP contribution is -2.35. The lowest BCUT2D eigenvalue weighted by atomic mass is 9.82. The maximum atomic E-state index is 2.58. The van der Waals surface area contributed by atoms with E-state index in [1.54, 1.807) is 0 Å². The van der Waals surface area contributed by atoms with E-state index in [4.69, 9.17) is 0 Å². The number of hydrogen-bond donors (Lipinski definition) is 0. The third kappa shape index (κ3) is 4.86. The zero-order chi connectivity index (χ0) is 12.0. The van der Waals surface area contributed by atoms with Crippen molar-refractivity contribution in [2.75, 3.05) is 13.6 Å². The van der Waals surface area contributed by atoms with Crippen LogP contribution < -0.4 is 0 Å². The standard InChI is InChI=1S/C15H31N/c1-5-12-16(4)15-10-8-14(9-11-15)7-6-13(2)3/h13-15H,5-12H2,1-4H3. The van der Waals surface area contributed by atoms with Crippen molar-refractivity contribution < 1.29 is 0 Å². The number of hydrogen-bond acceptors (Lipinski definition) is 1. The van der Waals surface area contributed by atoms with E-state index >= 15 is 0 Å². The molecule has 0 saturated heterocycles. The van der Waals surface area contributed by atoms with Crippen molar-refractivity contribution in [2.45, 2.75) is 71.8 Å². The molecule has 0 unspecified atom stereocenters. The predicted molar refractivity (Wildman–Crippen MR) is 72.7 cm³/mol. The van der Waals surface area contributed by atoms with Crippen LogP contribution in [-0.4, -0.2) is 24.5 Å². The van der Waals surface area contributed by atoms with E-state index < -0.39 is 0 Å². The first-order chi connectivity index (χ1) is 7.63. The van der Waals surface area contributed by atoms with E-state index in [2.05, 4.69) is 32.7 Å². The van der Waals surface area contributed by atoms with Crippen LogP contribution in [0.1, 0.15) is 65.7 Å². The molecule has 0 aromatic carbocycles. The van der Waals surface area contributed by atoms with Gasteiger partial charge in [-0.3, -0.25) is 0 Å². The normalized spacial score (nSPS) is 26.6. The molecule has 1 nitrogen and oxygen atoms in total. The molecule has 1 heteroatoms. The van der Waals surface area contributed by atoms with Crippen LogP contribution in [0.3, 0.4) is 0 Å². The van der Waals surface area contributed by atoms with Crippen LogP contribution in [0, 0.1) is 11.8 Å². The molecule has 1 saturated carbocycles. The lowest BCUT2D eigenvalue weighted by molar-refractivity contribution is 0.159. The van der Waals surface area contributed by atoms with E-state index in [0.717, 1.165) is 17.9 Å². The van der Waals surface area contributed by atoms with Crippen molar-refractivity contribution in [1.82, 2.24) is 4.90 Å². The zero-order valence-corrected chi connectivity index (χ0v) is 11.8. The number of rotatable bonds is 6. The highest BCUT2D eigenvalue weighted by Gasteiger charge is 2.23. The summed E-state index contributed by atoms with van der Waals surface area (Å²) >= 11 is 0. The summed E-state index contributed by atoms with van der Waals surface area (Å²) in [7, 11) is 2.31. The van der Waals surface area contributed by atoms with Crippen LogP contribution in [0.4, 0.5) is 0 Å². The minimum Gasteiger partial charge on any atom is -0.303 e. The van der Waals surface area contributed by atoms with Crippen LogP contribution in [0.2, 0.25) is 0 Å². The molecule has 1 fully saturated rings. The second-order valence-corrected chi connectivity index (χ2v) is 6.13. The van der Waals surface area contributed by atoms with Gasteiger partial charge in [0.1, 0.15) is 0 Å². The van der Waals surface area contributed by atoms with E-state index in [-0.39, 0.29) is 0 Å². The molecule has 0 heterocycles. The Hall–Kier alpha value is -0.0400. The summed E-state index contributed by atoms with van der Waals surface area (Å²) in [5.41, 5.74) is 0. The molecular formula is C15H31N. The monoisotopic (exact) mass is 225 g/mol. The van der Waals surface area contributed by atoms with Gasteiger partial charge in [-0.15, -0.1) is 0 Å². The highest BCUT2D eigenvalue weighted by Crippen LogP contribution is 2.30. The van der Waals surface area contributed by atoms with Gasteiger partial charge < -0.3 is 4.90 Å². The summed E-state index contributed by atoms with van der Waals surface area (Å²) in [5, 5.41) is 0. The second-order valence-electron chi connectivity index (χ2n) is 6.13. The van der Waals surface area contributed by atoms with E-state index in [1.807, 2.05) is 0 Å². The van der Waals surface area contributed by atoms with Crippen LogP contribution >= 0.6 is 0 Å². The second kappa shape index (κ2) is 7.32. The van der Waals surface area contributed by atoms with Gasteiger partial charge >= 0.3 is 0 Å². The highest BCUT2D eigenvalue weighted by atomic mass is 15.1. The van der Waals surface area contributed by atoms with Crippen LogP contribution in [0.15, 0.2) is 0 Å². The molecular weight excluding hydrogens is 194 g/mol. The Labute approximate surface area is 103 Å². The average molecular weight is 225 g/mol. The van der Waals surface area contributed by atoms with Crippen molar-refractivity contribution in [3.63, 3.8) is 0 Å². The van der Waals surface area contributed by atoms with Gasteiger partial charge in [-0.2, -0.15) is 0 Å². The highest BCUT2D eigenvalue weighted by molar-refractivity contribution is 4.78. The fourth-order valence-corrected chi connectivity index (χ4v) is 2.98. The Bertz CT molecular complexity index is 168. The lowest BCUT2D eigenvalue weighted by Gasteiger charge is -2.34. The van der Waals surface area contributed by atoms with E-state index in [9.17, 15) is 0 Å². The van der Waals surface area contributed by atoms with Gasteiger partial charge in [0, 0.05) is 6.04 Å². The van der Waals surface area contributed by atoms with Gasteiger partial charge in [0.15, 0.2) is 0 Å². The first kappa shape index (κ1) is 14.0. The van der Waals surface area contributed by atoms with E-state index in [0.29, 0.717) is 0 Å². The van der Waals surface area contributed by atoms with Crippen LogP contribution in [0.5, 0.6) is 0 Å². The van der Waals surface area contributed by atoms with Gasteiger partial charge in [0.05, 0.1) is 0 Å². The maximum absolute atomic E-state index is 2.58. The zero-order valence-electron chi connectivity index (χ0n) is 11.8. The van der Waals surface area contributed by atoms with Gasteiger partial charge in [-0.05, 0) is 57.5 Å². The minimum absolute atomic E-state index is 0.884. The molecule has 96 valence electrons. The Kier molecular flexibility index (Phi) is 6.41. The van der Waals surface area contributed by atoms with Crippen molar-refractivity contribution in [2.24, 2.45) is 11.8 Å². The van der Waals surface area contributed by atoms with E-state index in [1.165, 1.54) is 51.5 Å². The fraction of sp³-hybridized carbons (Fsp3) is 1.00. The smallest absolute Gasteiger partial charge is 0.00924 e. The molecule has 16 heavy (non-hydrogen) atoms. The molecule has 0 bridgehead atoms. The summed E-state index contributed by atoms with van der Waals surface area (Å²) in [4.78, 5) is 2.58. The van der Waals surface area contributed by atoms with Gasteiger partial charge in [-0.25, -0.2) is 0 Å². The molecule has 1 aliphatic rings. The summed E-state index contributed by atoms with van der Waals surface area (Å²) in [5.74, 6) is 1.93. The minimum atomic E-state index is 0.884. The van der Waals surface area contributed by atoms with Gasteiger partial charge in [-0.1, -0.05) is 33.6 Å². The SMILES string of the molecule is CCCN(C)C1CCC(CCC(C)C)CC1. The molecule has 0 spiro atoms. The Morgan fingerprint density at radius 2 is 1.75 bits per heavy atom. The average Bonchev–Trinajstić information content (AvgIpc) is 2.27. The molecule has 0 atom stereocenters. The predicted octanol–water partition coefficient (Wildman–Crippen LogP) is 4.32. The third-order valence-electron chi connectivity index (χ3n) is 4.17. The summed E-state index contributed by atoms with van der Waals surface area (Å²) < 4.78 is 0. The Morgan fingerprint density at radius 3 is 2.25 bits per heavy atom. The van der Waals surface area contributed by atoms with Crippen LogP contribution in [0.25, 0.3) is 0 Å².